The number of rotatable bonds is 7. The van der Waals surface area contributed by atoms with Crippen molar-refractivity contribution in [2.24, 2.45) is 5.92 Å². The van der Waals surface area contributed by atoms with Crippen LogP contribution < -0.4 is 5.56 Å². The molecule has 0 spiro atoms. The Hall–Kier alpha value is -2.58. The van der Waals surface area contributed by atoms with Crippen LogP contribution in [0, 0.1) is 5.92 Å². The van der Waals surface area contributed by atoms with Crippen molar-refractivity contribution >= 4 is 10.9 Å². The summed E-state index contributed by atoms with van der Waals surface area (Å²) >= 11 is 0. The number of methoxy groups -OCH3 is 1. The molecule has 1 unspecified atom stereocenters. The van der Waals surface area contributed by atoms with Gasteiger partial charge in [0.25, 0.3) is 5.56 Å². The first-order valence-corrected chi connectivity index (χ1v) is 10.8. The number of fused-ring (bicyclic) bond motifs is 1. The van der Waals surface area contributed by atoms with Crippen LogP contribution in [0.1, 0.15) is 49.7 Å². The van der Waals surface area contributed by atoms with Crippen molar-refractivity contribution in [1.29, 1.82) is 0 Å². The molecule has 2 aromatic heterocycles. The number of H-pyrrole nitrogens is 1. The highest BCUT2D eigenvalue weighted by Crippen LogP contribution is 2.30. The number of pyridine rings is 1. The van der Waals surface area contributed by atoms with Crippen LogP contribution in [-0.4, -0.2) is 56.9 Å². The molecule has 1 fully saturated rings. The third-order valence-corrected chi connectivity index (χ3v) is 6.13. The van der Waals surface area contributed by atoms with Gasteiger partial charge in [-0.05, 0) is 77.8 Å². The van der Waals surface area contributed by atoms with Crippen LogP contribution in [0.2, 0.25) is 0 Å². The quantitative estimate of drug-likeness (QED) is 0.644. The monoisotopic (exact) mass is 410 g/mol. The van der Waals surface area contributed by atoms with Gasteiger partial charge >= 0.3 is 0 Å². The number of nitrogens with zero attached hydrogens (tertiary/aromatic N) is 5. The summed E-state index contributed by atoms with van der Waals surface area (Å²) in [5, 5.41) is 13.5. The molecule has 3 aromatic rings. The zero-order valence-corrected chi connectivity index (χ0v) is 18.0. The van der Waals surface area contributed by atoms with E-state index in [9.17, 15) is 4.79 Å². The molecule has 0 radical (unpaired) electrons. The molecule has 0 aliphatic carbocycles. The lowest BCUT2D eigenvalue weighted by atomic mass is 9.95. The number of nitrogens with one attached hydrogen (secondary N) is 1. The van der Waals surface area contributed by atoms with Crippen molar-refractivity contribution in [2.75, 3.05) is 26.8 Å². The summed E-state index contributed by atoms with van der Waals surface area (Å²) < 4.78 is 6.99. The van der Waals surface area contributed by atoms with Crippen LogP contribution >= 0.6 is 0 Å². The maximum absolute atomic E-state index is 13.2. The lowest BCUT2D eigenvalue weighted by Gasteiger charge is -2.35. The van der Waals surface area contributed by atoms with Gasteiger partial charge in [0, 0.05) is 18.2 Å². The Balaban J connectivity index is 1.82. The van der Waals surface area contributed by atoms with Gasteiger partial charge in [-0.25, -0.2) is 4.68 Å². The van der Waals surface area contributed by atoms with E-state index in [0.717, 1.165) is 43.3 Å². The molecule has 1 N–H and O–H groups in total. The predicted octanol–water partition coefficient (Wildman–Crippen LogP) is 2.54. The highest BCUT2D eigenvalue weighted by atomic mass is 16.5. The fourth-order valence-electron chi connectivity index (χ4n) is 4.23. The van der Waals surface area contributed by atoms with E-state index in [-0.39, 0.29) is 11.6 Å². The Morgan fingerprint density at radius 1 is 1.27 bits per heavy atom. The molecule has 1 aliphatic rings. The molecular formula is C22H30N6O2. The van der Waals surface area contributed by atoms with Crippen LogP contribution in [0.25, 0.3) is 10.9 Å². The number of aromatic amines is 1. The van der Waals surface area contributed by atoms with Crippen molar-refractivity contribution in [3.63, 3.8) is 0 Å². The van der Waals surface area contributed by atoms with Crippen molar-refractivity contribution < 1.29 is 4.74 Å². The standard InChI is InChI=1S/C22H30N6O2/c1-4-16-5-6-19-17(13-16)14-18(22(29)23-19)20(27-9-7-15(2)8-10-27)21-24-25-26-28(21)11-12-30-3/h5-6,13-15,20H,4,7-12H2,1-3H3,(H,23,29). The number of piperidine rings is 1. The largest absolute Gasteiger partial charge is 0.383 e. The van der Waals surface area contributed by atoms with E-state index in [4.69, 9.17) is 4.74 Å². The minimum Gasteiger partial charge on any atom is -0.383 e. The molecule has 8 heteroatoms. The molecule has 1 atom stereocenters. The molecule has 0 bridgehead atoms. The number of aryl methyl sites for hydroxylation is 1. The minimum atomic E-state index is -0.289. The van der Waals surface area contributed by atoms with Crippen LogP contribution in [0.4, 0.5) is 0 Å². The van der Waals surface area contributed by atoms with Crippen LogP contribution in [0.3, 0.4) is 0 Å². The average molecular weight is 411 g/mol. The Bertz CT molecular complexity index is 1050. The predicted molar refractivity (Wildman–Crippen MR) is 115 cm³/mol. The lowest BCUT2D eigenvalue weighted by molar-refractivity contribution is 0.144. The Morgan fingerprint density at radius 2 is 2.07 bits per heavy atom. The molecule has 0 saturated carbocycles. The normalized spacial score (nSPS) is 16.9. The molecule has 1 aliphatic heterocycles. The second kappa shape index (κ2) is 9.06. The van der Waals surface area contributed by atoms with Gasteiger partial charge in [0.15, 0.2) is 5.82 Å². The Labute approximate surface area is 176 Å². The first-order valence-electron chi connectivity index (χ1n) is 10.8. The minimum absolute atomic E-state index is 0.0864. The molecule has 160 valence electrons. The van der Waals surface area contributed by atoms with Crippen LogP contribution in [-0.2, 0) is 17.7 Å². The number of hydrogen-bond acceptors (Lipinski definition) is 6. The average Bonchev–Trinajstić information content (AvgIpc) is 3.22. The van der Waals surface area contributed by atoms with Gasteiger partial charge in [-0.2, -0.15) is 0 Å². The van der Waals surface area contributed by atoms with E-state index < -0.39 is 0 Å². The van der Waals surface area contributed by atoms with Gasteiger partial charge in [-0.3, -0.25) is 9.69 Å². The van der Waals surface area contributed by atoms with E-state index in [0.29, 0.717) is 30.5 Å². The topological polar surface area (TPSA) is 88.9 Å². The first-order chi connectivity index (χ1) is 14.6. The lowest BCUT2D eigenvalue weighted by Crippen LogP contribution is -2.40. The van der Waals surface area contributed by atoms with E-state index >= 15 is 0 Å². The Morgan fingerprint density at radius 3 is 2.80 bits per heavy atom. The van der Waals surface area contributed by atoms with Gasteiger partial charge in [0.1, 0.15) is 6.04 Å². The molecule has 30 heavy (non-hydrogen) atoms. The molecule has 1 aromatic carbocycles. The summed E-state index contributed by atoms with van der Waals surface area (Å²) in [4.78, 5) is 18.6. The Kier molecular flexibility index (Phi) is 6.24. The number of aromatic nitrogens is 5. The highest BCUT2D eigenvalue weighted by Gasteiger charge is 2.32. The van der Waals surface area contributed by atoms with Gasteiger partial charge < -0.3 is 9.72 Å². The first kappa shape index (κ1) is 20.7. The summed E-state index contributed by atoms with van der Waals surface area (Å²) in [6.45, 7) is 7.30. The molecule has 0 amide bonds. The van der Waals surface area contributed by atoms with E-state index in [1.54, 1.807) is 11.8 Å². The summed E-state index contributed by atoms with van der Waals surface area (Å²) in [6.07, 6.45) is 3.15. The van der Waals surface area contributed by atoms with Crippen LogP contribution in [0.15, 0.2) is 29.1 Å². The van der Waals surface area contributed by atoms with E-state index in [1.807, 2.05) is 12.1 Å². The maximum Gasteiger partial charge on any atom is 0.253 e. The van der Waals surface area contributed by atoms with Gasteiger partial charge in [0.05, 0.1) is 13.2 Å². The van der Waals surface area contributed by atoms with E-state index in [2.05, 4.69) is 51.4 Å². The third-order valence-electron chi connectivity index (χ3n) is 6.13. The van der Waals surface area contributed by atoms with Gasteiger partial charge in [-0.1, -0.05) is 19.9 Å². The summed E-state index contributed by atoms with van der Waals surface area (Å²) in [6, 6.07) is 7.93. The second-order valence-electron chi connectivity index (χ2n) is 8.20. The van der Waals surface area contributed by atoms with Crippen molar-refractivity contribution in [1.82, 2.24) is 30.1 Å². The molecule has 1 saturated heterocycles. The number of benzene rings is 1. The highest BCUT2D eigenvalue weighted by molar-refractivity contribution is 5.80. The van der Waals surface area contributed by atoms with Gasteiger partial charge in [0.2, 0.25) is 0 Å². The summed E-state index contributed by atoms with van der Waals surface area (Å²) in [5.74, 6) is 1.38. The van der Waals surface area contributed by atoms with Crippen molar-refractivity contribution in [3.8, 4) is 0 Å². The number of hydrogen-bond donors (Lipinski definition) is 1. The fourth-order valence-corrected chi connectivity index (χ4v) is 4.23. The fraction of sp³-hybridized carbons (Fsp3) is 0.545. The van der Waals surface area contributed by atoms with Crippen molar-refractivity contribution in [2.45, 2.75) is 45.7 Å². The number of likely N-dealkylation sites (tertiary alicyclic amines) is 1. The molecule has 8 nitrogen and oxygen atoms in total. The second-order valence-corrected chi connectivity index (χ2v) is 8.20. The summed E-state index contributed by atoms with van der Waals surface area (Å²) in [5.41, 5.74) is 2.70. The summed E-state index contributed by atoms with van der Waals surface area (Å²) in [7, 11) is 1.66. The number of tetrazole rings is 1. The third kappa shape index (κ3) is 4.15. The molecule has 3 heterocycles. The molecule has 4 rings (SSSR count). The van der Waals surface area contributed by atoms with Crippen LogP contribution in [0.5, 0.6) is 0 Å². The van der Waals surface area contributed by atoms with Crippen molar-refractivity contribution in [3.05, 3.63) is 51.6 Å². The zero-order chi connectivity index (χ0) is 21.1. The SMILES string of the molecule is CCc1ccc2[nH]c(=O)c(C(c3nnnn3CCOC)N3CCC(C)CC3)cc2c1. The van der Waals surface area contributed by atoms with Gasteiger partial charge in [-0.15, -0.1) is 5.10 Å². The zero-order valence-electron chi connectivity index (χ0n) is 18.0. The maximum atomic E-state index is 13.2. The molecular weight excluding hydrogens is 380 g/mol. The smallest absolute Gasteiger partial charge is 0.253 e. The number of ether oxygens (including phenoxy) is 1. The van der Waals surface area contributed by atoms with E-state index in [1.165, 1.54) is 5.56 Å².